The number of carbonyl (C=O) groups excluding carboxylic acids is 2. The highest BCUT2D eigenvalue weighted by atomic mass is 32.2. The van der Waals surface area contributed by atoms with E-state index in [2.05, 4.69) is 10.3 Å². The van der Waals surface area contributed by atoms with E-state index in [1.54, 1.807) is 12.3 Å². The number of nitrogens with zero attached hydrogens (tertiary/aromatic N) is 1. The predicted molar refractivity (Wildman–Crippen MR) is 97.7 cm³/mol. The van der Waals surface area contributed by atoms with Gasteiger partial charge < -0.3 is 10.1 Å². The van der Waals surface area contributed by atoms with Crippen LogP contribution in [0.1, 0.15) is 23.8 Å². The van der Waals surface area contributed by atoms with E-state index in [-0.39, 0.29) is 17.2 Å². The number of sulfone groups is 1. The quantitative estimate of drug-likeness (QED) is 0.774. The molecule has 7 nitrogen and oxygen atoms in total. The number of amides is 1. The van der Waals surface area contributed by atoms with Crippen molar-refractivity contribution < 1.29 is 22.7 Å². The highest BCUT2D eigenvalue weighted by Gasteiger charge is 2.39. The number of carbonyl (C=O) groups is 2. The summed E-state index contributed by atoms with van der Waals surface area (Å²) in [4.78, 5) is 28.3. The molecule has 1 atom stereocenters. The van der Waals surface area contributed by atoms with Crippen molar-refractivity contribution in [2.45, 2.75) is 18.9 Å². The standard InChI is InChI=1S/C17H18N2O5S2/c1-17(7-8-26(22,23)11-17)19-14(20)9-24-16(21)13-10-25-15(18-13)12-5-3-2-4-6-12/h2-6,10H,7-9,11H2,1H3,(H,19,20)/t17-/m0/s1. The third kappa shape index (κ3) is 4.47. The van der Waals surface area contributed by atoms with Gasteiger partial charge in [0.05, 0.1) is 17.0 Å². The van der Waals surface area contributed by atoms with E-state index >= 15 is 0 Å². The number of esters is 1. The van der Waals surface area contributed by atoms with Crippen LogP contribution in [0.5, 0.6) is 0 Å². The topological polar surface area (TPSA) is 102 Å². The third-order valence-corrected chi connectivity index (χ3v) is 6.81. The number of ether oxygens (including phenoxy) is 1. The molecule has 0 saturated carbocycles. The minimum atomic E-state index is -3.13. The van der Waals surface area contributed by atoms with E-state index in [1.165, 1.54) is 11.3 Å². The molecule has 1 saturated heterocycles. The molecule has 0 bridgehead atoms. The molecule has 1 aromatic heterocycles. The number of nitrogens with one attached hydrogen (secondary N) is 1. The predicted octanol–water partition coefficient (Wildman–Crippen LogP) is 1.66. The molecule has 2 aromatic rings. The average molecular weight is 394 g/mol. The van der Waals surface area contributed by atoms with E-state index in [1.807, 2.05) is 30.3 Å². The van der Waals surface area contributed by atoms with Crippen LogP contribution in [0.4, 0.5) is 0 Å². The van der Waals surface area contributed by atoms with Gasteiger partial charge in [-0.05, 0) is 13.3 Å². The number of thiazole rings is 1. The molecule has 0 spiro atoms. The fourth-order valence-corrected chi connectivity index (χ4v) is 5.66. The lowest BCUT2D eigenvalue weighted by molar-refractivity contribution is -0.125. The zero-order valence-electron chi connectivity index (χ0n) is 14.1. The second kappa shape index (κ2) is 7.16. The molecule has 9 heteroatoms. The summed E-state index contributed by atoms with van der Waals surface area (Å²) in [5.41, 5.74) is 0.213. The van der Waals surface area contributed by atoms with Gasteiger partial charge >= 0.3 is 5.97 Å². The van der Waals surface area contributed by atoms with E-state index in [0.717, 1.165) is 5.56 Å². The Morgan fingerprint density at radius 1 is 1.31 bits per heavy atom. The molecule has 1 amide bonds. The third-order valence-electron chi connectivity index (χ3n) is 4.01. The maximum Gasteiger partial charge on any atom is 0.358 e. The summed E-state index contributed by atoms with van der Waals surface area (Å²) in [5.74, 6) is -1.28. The first-order chi connectivity index (χ1) is 12.3. The normalized spacial score (nSPS) is 21.3. The monoisotopic (exact) mass is 394 g/mol. The Morgan fingerprint density at radius 2 is 2.04 bits per heavy atom. The van der Waals surface area contributed by atoms with Gasteiger partial charge in [0, 0.05) is 10.9 Å². The summed E-state index contributed by atoms with van der Waals surface area (Å²) < 4.78 is 28.1. The van der Waals surface area contributed by atoms with Crippen molar-refractivity contribution in [3.63, 3.8) is 0 Å². The second-order valence-electron chi connectivity index (χ2n) is 6.43. The van der Waals surface area contributed by atoms with Crippen molar-refractivity contribution >= 4 is 33.1 Å². The van der Waals surface area contributed by atoms with Crippen molar-refractivity contribution in [3.8, 4) is 10.6 Å². The van der Waals surface area contributed by atoms with Crippen molar-refractivity contribution in [3.05, 3.63) is 41.4 Å². The summed E-state index contributed by atoms with van der Waals surface area (Å²) in [5, 5.41) is 4.90. The van der Waals surface area contributed by atoms with Gasteiger partial charge in [-0.25, -0.2) is 18.2 Å². The molecule has 1 aromatic carbocycles. The maximum absolute atomic E-state index is 12.1. The van der Waals surface area contributed by atoms with Gasteiger partial charge in [-0.2, -0.15) is 0 Å². The molecule has 26 heavy (non-hydrogen) atoms. The SMILES string of the molecule is C[C@]1(NC(=O)COC(=O)c2csc(-c3ccccc3)n2)CCS(=O)(=O)C1. The van der Waals surface area contributed by atoms with Crippen molar-refractivity contribution in [2.24, 2.45) is 0 Å². The molecule has 2 heterocycles. The summed E-state index contributed by atoms with van der Waals surface area (Å²) >= 11 is 1.31. The summed E-state index contributed by atoms with van der Waals surface area (Å²) in [6, 6.07) is 9.42. The van der Waals surface area contributed by atoms with Gasteiger partial charge in [-0.3, -0.25) is 4.79 Å². The van der Waals surface area contributed by atoms with Crippen LogP contribution in [0.25, 0.3) is 10.6 Å². The summed E-state index contributed by atoms with van der Waals surface area (Å²) in [7, 11) is -3.13. The van der Waals surface area contributed by atoms with E-state index in [0.29, 0.717) is 11.4 Å². The first kappa shape index (κ1) is 18.5. The number of hydrogen-bond donors (Lipinski definition) is 1. The van der Waals surface area contributed by atoms with E-state index in [9.17, 15) is 18.0 Å². The molecule has 138 valence electrons. The lowest BCUT2D eigenvalue weighted by Crippen LogP contribution is -2.48. The first-order valence-electron chi connectivity index (χ1n) is 7.96. The first-order valence-corrected chi connectivity index (χ1v) is 10.7. The fraction of sp³-hybridized carbons (Fsp3) is 0.353. The number of aromatic nitrogens is 1. The Bertz CT molecular complexity index is 924. The molecule has 1 N–H and O–H groups in total. The summed E-state index contributed by atoms with van der Waals surface area (Å²) in [6.07, 6.45) is 0.349. The van der Waals surface area contributed by atoms with Gasteiger partial charge in [0.25, 0.3) is 5.91 Å². The Labute approximate surface area is 155 Å². The second-order valence-corrected chi connectivity index (χ2v) is 9.47. The van der Waals surface area contributed by atoms with Crippen LogP contribution in [0.15, 0.2) is 35.7 Å². The lowest BCUT2D eigenvalue weighted by Gasteiger charge is -2.23. The number of rotatable bonds is 5. The van der Waals surface area contributed by atoms with Crippen molar-refractivity contribution in [2.75, 3.05) is 18.1 Å². The molecule has 0 aliphatic carbocycles. The van der Waals surface area contributed by atoms with Crippen LogP contribution >= 0.6 is 11.3 Å². The van der Waals surface area contributed by atoms with Crippen molar-refractivity contribution in [1.82, 2.24) is 10.3 Å². The van der Waals surface area contributed by atoms with Crippen LogP contribution in [0.3, 0.4) is 0 Å². The largest absolute Gasteiger partial charge is 0.451 e. The van der Waals surface area contributed by atoms with E-state index < -0.39 is 33.9 Å². The molecular weight excluding hydrogens is 376 g/mol. The van der Waals surface area contributed by atoms with E-state index in [4.69, 9.17) is 4.74 Å². The fourth-order valence-electron chi connectivity index (χ4n) is 2.77. The molecule has 3 rings (SSSR count). The maximum atomic E-state index is 12.1. The molecule has 0 radical (unpaired) electrons. The van der Waals surface area contributed by atoms with Crippen LogP contribution in [-0.4, -0.2) is 48.9 Å². The average Bonchev–Trinajstić information content (AvgIpc) is 3.18. The van der Waals surface area contributed by atoms with Crippen LogP contribution in [-0.2, 0) is 19.4 Å². The molecule has 1 aliphatic heterocycles. The van der Waals surface area contributed by atoms with Gasteiger partial charge in [-0.1, -0.05) is 30.3 Å². The minimum absolute atomic E-state index is 0.0463. The highest BCUT2D eigenvalue weighted by molar-refractivity contribution is 7.91. The minimum Gasteiger partial charge on any atom is -0.451 e. The molecule has 0 unspecified atom stereocenters. The Hall–Kier alpha value is -2.26. The van der Waals surface area contributed by atoms with Crippen LogP contribution < -0.4 is 5.32 Å². The Balaban J connectivity index is 1.54. The zero-order chi connectivity index (χ0) is 18.8. The van der Waals surface area contributed by atoms with Gasteiger partial charge in [0.1, 0.15) is 5.01 Å². The van der Waals surface area contributed by atoms with Crippen molar-refractivity contribution in [1.29, 1.82) is 0 Å². The molecule has 1 aliphatic rings. The van der Waals surface area contributed by atoms with Crippen LogP contribution in [0.2, 0.25) is 0 Å². The Kier molecular flexibility index (Phi) is 5.10. The van der Waals surface area contributed by atoms with Gasteiger partial charge in [0.15, 0.2) is 22.1 Å². The zero-order valence-corrected chi connectivity index (χ0v) is 15.7. The van der Waals surface area contributed by atoms with Gasteiger partial charge in [-0.15, -0.1) is 11.3 Å². The lowest BCUT2D eigenvalue weighted by atomic mass is 10.0. The van der Waals surface area contributed by atoms with Crippen LogP contribution in [0, 0.1) is 0 Å². The van der Waals surface area contributed by atoms with Gasteiger partial charge in [0.2, 0.25) is 0 Å². The number of benzene rings is 1. The summed E-state index contributed by atoms with van der Waals surface area (Å²) in [6.45, 7) is 1.19. The molecule has 1 fully saturated rings. The molecular formula is C17H18N2O5S2. The number of hydrogen-bond acceptors (Lipinski definition) is 7. The smallest absolute Gasteiger partial charge is 0.358 e. The Morgan fingerprint density at radius 3 is 2.69 bits per heavy atom. The highest BCUT2D eigenvalue weighted by Crippen LogP contribution is 2.24.